The lowest BCUT2D eigenvalue weighted by Gasteiger charge is -2.43. The number of aliphatic hydroxyl groups is 1. The normalized spacial score (nSPS) is 21.2. The van der Waals surface area contributed by atoms with Crippen LogP contribution in [0.4, 0.5) is 18.9 Å². The molecule has 1 aromatic rings. The SMILES string of the molecule is O=C1COC(c2ccc(N3CCC3CO)c(C(F)(F)F)c2)=NN1. The number of nitrogens with zero attached hydrogens (tertiary/aromatic N) is 2. The molecule has 1 amide bonds. The third kappa shape index (κ3) is 2.96. The summed E-state index contributed by atoms with van der Waals surface area (Å²) in [4.78, 5) is 12.5. The number of hydrogen-bond acceptors (Lipinski definition) is 5. The van der Waals surface area contributed by atoms with Crippen LogP contribution in [0, 0.1) is 0 Å². The van der Waals surface area contributed by atoms with Crippen molar-refractivity contribution in [3.63, 3.8) is 0 Å². The highest BCUT2D eigenvalue weighted by molar-refractivity contribution is 5.98. The molecule has 2 aliphatic rings. The van der Waals surface area contributed by atoms with E-state index >= 15 is 0 Å². The van der Waals surface area contributed by atoms with Crippen LogP contribution in [-0.2, 0) is 15.7 Å². The minimum Gasteiger partial charge on any atom is -0.466 e. The number of hydrogen-bond donors (Lipinski definition) is 2. The standard InChI is InChI=1S/C14H14F3N3O3/c15-14(16,17)10-5-8(13-19-18-12(22)7-23-13)1-2-11(10)20-4-3-9(20)6-21/h1-2,5,9,21H,3-4,6-7H2,(H,18,22). The van der Waals surface area contributed by atoms with Gasteiger partial charge in [-0.25, -0.2) is 5.43 Å². The maximum absolute atomic E-state index is 13.4. The first-order valence-electron chi connectivity index (χ1n) is 6.98. The Morgan fingerprint density at radius 1 is 1.43 bits per heavy atom. The topological polar surface area (TPSA) is 74.2 Å². The number of benzene rings is 1. The van der Waals surface area contributed by atoms with E-state index in [1.807, 2.05) is 0 Å². The van der Waals surface area contributed by atoms with Gasteiger partial charge in [-0.3, -0.25) is 4.79 Å². The number of hydrazone groups is 1. The molecule has 1 saturated heterocycles. The Morgan fingerprint density at radius 2 is 2.22 bits per heavy atom. The molecule has 6 nitrogen and oxygen atoms in total. The van der Waals surface area contributed by atoms with Crippen LogP contribution in [0.25, 0.3) is 0 Å². The molecule has 2 heterocycles. The first-order valence-corrected chi connectivity index (χ1v) is 6.98. The van der Waals surface area contributed by atoms with Gasteiger partial charge in [0.25, 0.3) is 5.91 Å². The minimum atomic E-state index is -4.56. The first-order chi connectivity index (χ1) is 10.9. The van der Waals surface area contributed by atoms with Gasteiger partial charge in [0, 0.05) is 17.8 Å². The lowest BCUT2D eigenvalue weighted by atomic mass is 9.98. The average Bonchev–Trinajstić information content (AvgIpc) is 2.47. The number of alkyl halides is 3. The van der Waals surface area contributed by atoms with E-state index in [-0.39, 0.29) is 36.4 Å². The van der Waals surface area contributed by atoms with Crippen molar-refractivity contribution in [2.24, 2.45) is 5.10 Å². The number of carbonyl (C=O) groups is 1. The van der Waals surface area contributed by atoms with Crippen molar-refractivity contribution in [1.29, 1.82) is 0 Å². The summed E-state index contributed by atoms with van der Waals surface area (Å²) in [7, 11) is 0. The average molecular weight is 329 g/mol. The number of aliphatic hydroxyl groups excluding tert-OH is 1. The molecule has 124 valence electrons. The van der Waals surface area contributed by atoms with Crippen LogP contribution in [0.15, 0.2) is 23.3 Å². The highest BCUT2D eigenvalue weighted by Crippen LogP contribution is 2.40. The number of nitrogens with one attached hydrogen (secondary N) is 1. The van der Waals surface area contributed by atoms with Crippen LogP contribution in [0.5, 0.6) is 0 Å². The summed E-state index contributed by atoms with van der Waals surface area (Å²) >= 11 is 0. The van der Waals surface area contributed by atoms with Crippen molar-refractivity contribution in [1.82, 2.24) is 5.43 Å². The summed E-state index contributed by atoms with van der Waals surface area (Å²) in [6.07, 6.45) is -3.91. The maximum Gasteiger partial charge on any atom is 0.418 e. The Bertz CT molecular complexity index is 658. The molecule has 3 rings (SSSR count). The van der Waals surface area contributed by atoms with E-state index < -0.39 is 17.6 Å². The predicted molar refractivity (Wildman–Crippen MR) is 74.9 cm³/mol. The van der Waals surface area contributed by atoms with Crippen LogP contribution < -0.4 is 10.3 Å². The Morgan fingerprint density at radius 3 is 2.74 bits per heavy atom. The second-order valence-corrected chi connectivity index (χ2v) is 5.29. The van der Waals surface area contributed by atoms with E-state index in [1.54, 1.807) is 0 Å². The van der Waals surface area contributed by atoms with Gasteiger partial charge < -0.3 is 14.7 Å². The van der Waals surface area contributed by atoms with E-state index in [4.69, 9.17) is 4.74 Å². The van der Waals surface area contributed by atoms with Crippen LogP contribution in [-0.4, -0.2) is 42.7 Å². The summed E-state index contributed by atoms with van der Waals surface area (Å²) in [5, 5.41) is 12.8. The van der Waals surface area contributed by atoms with Crippen molar-refractivity contribution in [3.8, 4) is 0 Å². The summed E-state index contributed by atoms with van der Waals surface area (Å²) in [5.41, 5.74) is 1.49. The van der Waals surface area contributed by atoms with Crippen LogP contribution in [0.3, 0.4) is 0 Å². The van der Waals surface area contributed by atoms with Gasteiger partial charge in [0.05, 0.1) is 18.2 Å². The van der Waals surface area contributed by atoms with Crippen molar-refractivity contribution in [3.05, 3.63) is 29.3 Å². The lowest BCUT2D eigenvalue weighted by Crippen LogP contribution is -2.50. The number of anilines is 1. The Kier molecular flexibility index (Phi) is 3.88. The number of halogens is 3. The molecule has 0 radical (unpaired) electrons. The summed E-state index contributed by atoms with van der Waals surface area (Å²) in [6.45, 7) is -0.0251. The first kappa shape index (κ1) is 15.6. The van der Waals surface area contributed by atoms with Gasteiger partial charge in [0.1, 0.15) is 0 Å². The number of ether oxygens (including phenoxy) is 1. The third-order valence-electron chi connectivity index (χ3n) is 3.84. The molecule has 23 heavy (non-hydrogen) atoms. The molecule has 0 aromatic heterocycles. The van der Waals surface area contributed by atoms with Crippen molar-refractivity contribution in [2.45, 2.75) is 18.6 Å². The highest BCUT2D eigenvalue weighted by atomic mass is 19.4. The largest absolute Gasteiger partial charge is 0.466 e. The zero-order valence-corrected chi connectivity index (χ0v) is 11.9. The molecule has 9 heteroatoms. The van der Waals surface area contributed by atoms with Gasteiger partial charge in [-0.05, 0) is 24.6 Å². The van der Waals surface area contributed by atoms with E-state index in [0.717, 1.165) is 6.07 Å². The summed E-state index contributed by atoms with van der Waals surface area (Å²) < 4.78 is 45.2. The minimum absolute atomic E-state index is 0.0204. The van der Waals surface area contributed by atoms with Gasteiger partial charge in [-0.15, -0.1) is 5.10 Å². The second kappa shape index (κ2) is 5.73. The van der Waals surface area contributed by atoms with E-state index in [9.17, 15) is 23.1 Å². The molecule has 0 saturated carbocycles. The van der Waals surface area contributed by atoms with Crippen molar-refractivity contribution >= 4 is 17.5 Å². The highest BCUT2D eigenvalue weighted by Gasteiger charge is 2.39. The fourth-order valence-corrected chi connectivity index (χ4v) is 2.55. The fraction of sp³-hybridized carbons (Fsp3) is 0.429. The second-order valence-electron chi connectivity index (χ2n) is 5.29. The molecular weight excluding hydrogens is 315 g/mol. The third-order valence-corrected chi connectivity index (χ3v) is 3.84. The summed E-state index contributed by atoms with van der Waals surface area (Å²) in [5.74, 6) is -0.531. The van der Waals surface area contributed by atoms with Crippen molar-refractivity contribution < 1.29 is 27.8 Å². The molecule has 1 unspecified atom stereocenters. The smallest absolute Gasteiger partial charge is 0.418 e. The van der Waals surface area contributed by atoms with Gasteiger partial charge in [0.2, 0.25) is 5.90 Å². The number of amides is 1. The molecule has 0 spiro atoms. The van der Waals surface area contributed by atoms with Gasteiger partial charge in [0.15, 0.2) is 6.61 Å². The van der Waals surface area contributed by atoms with Crippen LogP contribution in [0.1, 0.15) is 17.5 Å². The van der Waals surface area contributed by atoms with E-state index in [0.29, 0.717) is 13.0 Å². The molecule has 1 fully saturated rings. The molecule has 1 atom stereocenters. The number of carbonyl (C=O) groups excluding carboxylic acids is 1. The zero-order chi connectivity index (χ0) is 16.6. The van der Waals surface area contributed by atoms with Gasteiger partial charge in [-0.1, -0.05) is 0 Å². The maximum atomic E-state index is 13.4. The van der Waals surface area contributed by atoms with Crippen LogP contribution >= 0.6 is 0 Å². The number of rotatable bonds is 3. The van der Waals surface area contributed by atoms with Gasteiger partial charge in [-0.2, -0.15) is 13.2 Å². The van der Waals surface area contributed by atoms with E-state index in [1.165, 1.54) is 17.0 Å². The quantitative estimate of drug-likeness (QED) is 0.870. The monoisotopic (exact) mass is 329 g/mol. The molecule has 2 N–H and O–H groups in total. The summed E-state index contributed by atoms with van der Waals surface area (Å²) in [6, 6.07) is 3.43. The van der Waals surface area contributed by atoms with Crippen LogP contribution in [0.2, 0.25) is 0 Å². The molecule has 0 aliphatic carbocycles. The lowest BCUT2D eigenvalue weighted by molar-refractivity contribution is -0.137. The Balaban J connectivity index is 1.98. The van der Waals surface area contributed by atoms with E-state index in [2.05, 4.69) is 10.5 Å². The molecule has 0 bridgehead atoms. The zero-order valence-electron chi connectivity index (χ0n) is 11.9. The Hall–Kier alpha value is -2.29. The molecule has 2 aliphatic heterocycles. The predicted octanol–water partition coefficient (Wildman–Crippen LogP) is 1.08. The fourth-order valence-electron chi connectivity index (χ4n) is 2.55. The molecular formula is C14H14F3N3O3. The van der Waals surface area contributed by atoms with Crippen molar-refractivity contribution in [2.75, 3.05) is 24.7 Å². The van der Waals surface area contributed by atoms with Gasteiger partial charge >= 0.3 is 6.18 Å². The Labute approximate surface area is 129 Å². The molecule has 1 aromatic carbocycles.